The van der Waals surface area contributed by atoms with Crippen molar-refractivity contribution in [1.29, 1.82) is 5.26 Å². The van der Waals surface area contributed by atoms with Crippen LogP contribution in [0.25, 0.3) is 0 Å². The van der Waals surface area contributed by atoms with Crippen molar-refractivity contribution < 1.29 is 0 Å². The minimum absolute atomic E-state index is 0.273. The molecule has 0 aromatic rings. The molecule has 0 bridgehead atoms. The van der Waals surface area contributed by atoms with Gasteiger partial charge in [-0.1, -0.05) is 6.92 Å². The van der Waals surface area contributed by atoms with Crippen molar-refractivity contribution in [2.75, 3.05) is 13.6 Å². The van der Waals surface area contributed by atoms with Gasteiger partial charge >= 0.3 is 0 Å². The zero-order valence-electron chi connectivity index (χ0n) is 14.0. The average molecular weight is 267 g/mol. The summed E-state index contributed by atoms with van der Waals surface area (Å²) in [5, 5.41) is 12.6. The quantitative estimate of drug-likeness (QED) is 0.649. The Balaban J connectivity index is 4.07. The molecule has 0 aromatic carbocycles. The number of unbranched alkanes of at least 4 members (excludes halogenated alkanes) is 1. The van der Waals surface area contributed by atoms with Crippen LogP contribution in [-0.2, 0) is 0 Å². The molecule has 3 nitrogen and oxygen atoms in total. The number of nitrogens with one attached hydrogen (secondary N) is 1. The summed E-state index contributed by atoms with van der Waals surface area (Å²) >= 11 is 0. The monoisotopic (exact) mass is 267 g/mol. The first-order valence-electron chi connectivity index (χ1n) is 7.57. The third kappa shape index (κ3) is 6.94. The third-order valence-electron chi connectivity index (χ3n) is 4.17. The lowest BCUT2D eigenvalue weighted by Crippen LogP contribution is -2.45. The van der Waals surface area contributed by atoms with E-state index in [0.29, 0.717) is 6.04 Å². The van der Waals surface area contributed by atoms with Crippen molar-refractivity contribution in [2.45, 2.75) is 84.3 Å². The van der Waals surface area contributed by atoms with E-state index >= 15 is 0 Å². The first-order chi connectivity index (χ1) is 8.67. The van der Waals surface area contributed by atoms with Gasteiger partial charge in [-0.25, -0.2) is 0 Å². The van der Waals surface area contributed by atoms with Crippen LogP contribution < -0.4 is 5.32 Å². The molecule has 0 saturated heterocycles. The van der Waals surface area contributed by atoms with Crippen LogP contribution in [0.1, 0.15) is 67.2 Å². The molecule has 0 rings (SSSR count). The largest absolute Gasteiger partial charge is 0.301 e. The molecule has 0 aliphatic heterocycles. The maximum atomic E-state index is 9.29. The lowest BCUT2D eigenvalue weighted by molar-refractivity contribution is 0.147. The molecule has 0 saturated carbocycles. The van der Waals surface area contributed by atoms with Gasteiger partial charge in [-0.3, -0.25) is 5.32 Å². The fraction of sp³-hybridized carbons (Fsp3) is 0.938. The van der Waals surface area contributed by atoms with Crippen molar-refractivity contribution in [3.8, 4) is 6.07 Å². The molecule has 0 aliphatic rings. The molecule has 1 unspecified atom stereocenters. The molecule has 0 heterocycles. The molecular formula is C16H33N3. The average Bonchev–Trinajstić information content (AvgIpc) is 2.33. The molecule has 3 heteroatoms. The fourth-order valence-corrected chi connectivity index (χ4v) is 2.20. The van der Waals surface area contributed by atoms with Crippen molar-refractivity contribution in [3.63, 3.8) is 0 Å². The Morgan fingerprint density at radius 2 is 1.79 bits per heavy atom. The number of nitrogens with zero attached hydrogens (tertiary/aromatic N) is 2. The van der Waals surface area contributed by atoms with E-state index in [9.17, 15) is 5.26 Å². The van der Waals surface area contributed by atoms with Gasteiger partial charge in [-0.05, 0) is 73.9 Å². The van der Waals surface area contributed by atoms with Crippen molar-refractivity contribution in [1.82, 2.24) is 10.2 Å². The van der Waals surface area contributed by atoms with Gasteiger partial charge in [0.05, 0.1) is 6.07 Å². The molecule has 112 valence electrons. The Bertz CT molecular complexity index is 291. The molecule has 0 radical (unpaired) electrons. The van der Waals surface area contributed by atoms with Crippen molar-refractivity contribution >= 4 is 0 Å². The van der Waals surface area contributed by atoms with Crippen molar-refractivity contribution in [2.24, 2.45) is 0 Å². The standard InChI is InChI=1S/C16H33N3/c1-8-15(4,5)19(7)12-10-9-11-16(6,13-17)18-14(2)3/h14,18H,8-12H2,1-7H3. The van der Waals surface area contributed by atoms with E-state index in [1.54, 1.807) is 0 Å². The Hall–Kier alpha value is -0.590. The number of rotatable bonds is 9. The third-order valence-corrected chi connectivity index (χ3v) is 4.17. The van der Waals surface area contributed by atoms with Gasteiger partial charge in [0.2, 0.25) is 0 Å². The van der Waals surface area contributed by atoms with E-state index in [2.05, 4.69) is 58.0 Å². The minimum Gasteiger partial charge on any atom is -0.301 e. The second kappa shape index (κ2) is 7.87. The first-order valence-corrected chi connectivity index (χ1v) is 7.57. The molecule has 0 aliphatic carbocycles. The number of hydrogen-bond donors (Lipinski definition) is 1. The zero-order chi connectivity index (χ0) is 15.1. The van der Waals surface area contributed by atoms with Crippen LogP contribution >= 0.6 is 0 Å². The van der Waals surface area contributed by atoms with Crippen LogP contribution in [0, 0.1) is 11.3 Å². The van der Waals surface area contributed by atoms with E-state index in [1.165, 1.54) is 0 Å². The van der Waals surface area contributed by atoms with E-state index in [1.807, 2.05) is 6.92 Å². The Morgan fingerprint density at radius 1 is 1.21 bits per heavy atom. The fourth-order valence-electron chi connectivity index (χ4n) is 2.20. The van der Waals surface area contributed by atoms with Gasteiger partial charge < -0.3 is 4.90 Å². The van der Waals surface area contributed by atoms with Crippen LogP contribution in [0.4, 0.5) is 0 Å². The number of nitriles is 1. The molecule has 19 heavy (non-hydrogen) atoms. The van der Waals surface area contributed by atoms with Crippen LogP contribution in [-0.4, -0.2) is 35.6 Å². The summed E-state index contributed by atoms with van der Waals surface area (Å²) in [4.78, 5) is 2.42. The Kier molecular flexibility index (Phi) is 7.62. The summed E-state index contributed by atoms with van der Waals surface area (Å²) in [5.41, 5.74) is -0.109. The summed E-state index contributed by atoms with van der Waals surface area (Å²) in [5.74, 6) is 0. The highest BCUT2D eigenvalue weighted by molar-refractivity contribution is 5.04. The maximum Gasteiger partial charge on any atom is 0.104 e. The zero-order valence-corrected chi connectivity index (χ0v) is 14.0. The summed E-state index contributed by atoms with van der Waals surface area (Å²) in [6.45, 7) is 14.1. The van der Waals surface area contributed by atoms with Gasteiger partial charge in [0.25, 0.3) is 0 Å². The normalized spacial score (nSPS) is 15.6. The van der Waals surface area contributed by atoms with Gasteiger partial charge in [-0.2, -0.15) is 5.26 Å². The Labute approximate surface area is 120 Å². The van der Waals surface area contributed by atoms with Gasteiger partial charge in [-0.15, -0.1) is 0 Å². The minimum atomic E-state index is -0.382. The molecule has 0 fully saturated rings. The Morgan fingerprint density at radius 3 is 2.21 bits per heavy atom. The highest BCUT2D eigenvalue weighted by Gasteiger charge is 2.24. The molecule has 1 atom stereocenters. The number of hydrogen-bond acceptors (Lipinski definition) is 3. The van der Waals surface area contributed by atoms with Crippen molar-refractivity contribution in [3.05, 3.63) is 0 Å². The van der Waals surface area contributed by atoms with E-state index < -0.39 is 0 Å². The van der Waals surface area contributed by atoms with Gasteiger partial charge in [0.1, 0.15) is 5.54 Å². The first kappa shape index (κ1) is 18.4. The van der Waals surface area contributed by atoms with Crippen LogP contribution in [0.3, 0.4) is 0 Å². The van der Waals surface area contributed by atoms with E-state index in [-0.39, 0.29) is 11.1 Å². The topological polar surface area (TPSA) is 39.1 Å². The summed E-state index contributed by atoms with van der Waals surface area (Å²) in [7, 11) is 2.19. The lowest BCUT2D eigenvalue weighted by atomic mass is 9.94. The SMILES string of the molecule is CCC(C)(C)N(C)CCCCC(C)(C#N)NC(C)C. The van der Waals surface area contributed by atoms with Gasteiger partial charge in [0.15, 0.2) is 0 Å². The van der Waals surface area contributed by atoms with Crippen LogP contribution in [0.2, 0.25) is 0 Å². The molecule has 0 spiro atoms. The van der Waals surface area contributed by atoms with Crippen LogP contribution in [0.5, 0.6) is 0 Å². The highest BCUT2D eigenvalue weighted by Crippen LogP contribution is 2.18. The summed E-state index contributed by atoms with van der Waals surface area (Å²) in [6, 6.07) is 2.77. The predicted molar refractivity (Wildman–Crippen MR) is 83.1 cm³/mol. The molecule has 0 aromatic heterocycles. The summed E-state index contributed by atoms with van der Waals surface area (Å²) in [6.07, 6.45) is 4.32. The second-order valence-corrected chi connectivity index (χ2v) is 6.79. The smallest absolute Gasteiger partial charge is 0.104 e. The predicted octanol–water partition coefficient (Wildman–Crippen LogP) is 3.56. The van der Waals surface area contributed by atoms with Crippen LogP contribution in [0.15, 0.2) is 0 Å². The molecule has 1 N–H and O–H groups in total. The molecular weight excluding hydrogens is 234 g/mol. The van der Waals surface area contributed by atoms with E-state index in [4.69, 9.17) is 0 Å². The second-order valence-electron chi connectivity index (χ2n) is 6.79. The lowest BCUT2D eigenvalue weighted by Gasteiger charge is -2.35. The van der Waals surface area contributed by atoms with Gasteiger partial charge in [0, 0.05) is 11.6 Å². The highest BCUT2D eigenvalue weighted by atomic mass is 15.2. The maximum absolute atomic E-state index is 9.29. The van der Waals surface area contributed by atoms with E-state index in [0.717, 1.165) is 32.2 Å². The summed E-state index contributed by atoms with van der Waals surface area (Å²) < 4.78 is 0. The molecule has 0 amide bonds.